The van der Waals surface area contributed by atoms with Gasteiger partial charge in [-0.2, -0.15) is 18.3 Å². The van der Waals surface area contributed by atoms with Crippen molar-refractivity contribution in [3.8, 4) is 0 Å². The number of aromatic nitrogens is 2. The molecular formula is C7H7BrF3N2. The van der Waals surface area contributed by atoms with Crippen molar-refractivity contribution in [3.05, 3.63) is 16.4 Å². The molecule has 73 valence electrons. The third-order valence-electron chi connectivity index (χ3n) is 1.50. The van der Waals surface area contributed by atoms with Crippen LogP contribution in [0.4, 0.5) is 13.2 Å². The SMILES string of the molecule is CCc1c(Br)[c]nn1CC(F)(F)F. The third kappa shape index (κ3) is 2.72. The van der Waals surface area contributed by atoms with E-state index in [-0.39, 0.29) is 0 Å². The highest BCUT2D eigenvalue weighted by Gasteiger charge is 2.29. The van der Waals surface area contributed by atoms with Crippen molar-refractivity contribution in [1.29, 1.82) is 0 Å². The Morgan fingerprint density at radius 3 is 2.62 bits per heavy atom. The number of rotatable bonds is 2. The maximum atomic E-state index is 12.0. The zero-order valence-electron chi connectivity index (χ0n) is 6.82. The molecule has 0 unspecified atom stereocenters. The van der Waals surface area contributed by atoms with Gasteiger partial charge in [0.15, 0.2) is 0 Å². The van der Waals surface area contributed by atoms with E-state index in [4.69, 9.17) is 0 Å². The Balaban J connectivity index is 2.89. The van der Waals surface area contributed by atoms with Gasteiger partial charge in [-0.15, -0.1) is 0 Å². The van der Waals surface area contributed by atoms with Gasteiger partial charge in [-0.25, -0.2) is 0 Å². The molecule has 1 aromatic heterocycles. The number of halogens is 4. The van der Waals surface area contributed by atoms with E-state index in [0.717, 1.165) is 4.68 Å². The van der Waals surface area contributed by atoms with Gasteiger partial charge in [0.25, 0.3) is 0 Å². The topological polar surface area (TPSA) is 17.8 Å². The largest absolute Gasteiger partial charge is 0.408 e. The van der Waals surface area contributed by atoms with Crippen molar-refractivity contribution in [3.63, 3.8) is 0 Å². The summed E-state index contributed by atoms with van der Waals surface area (Å²) in [6.07, 6.45) is -1.30. The molecule has 0 N–H and O–H groups in total. The first-order chi connectivity index (χ1) is 5.94. The lowest BCUT2D eigenvalue weighted by atomic mass is 10.3. The Morgan fingerprint density at radius 2 is 2.15 bits per heavy atom. The molecule has 6 heteroatoms. The Morgan fingerprint density at radius 1 is 1.54 bits per heavy atom. The van der Waals surface area contributed by atoms with Gasteiger partial charge in [-0.1, -0.05) is 6.92 Å². The molecule has 0 aromatic carbocycles. The van der Waals surface area contributed by atoms with Gasteiger partial charge in [-0.3, -0.25) is 4.68 Å². The highest BCUT2D eigenvalue weighted by atomic mass is 79.9. The monoisotopic (exact) mass is 255 g/mol. The Labute approximate surface area is 81.9 Å². The second-order valence-corrected chi connectivity index (χ2v) is 3.29. The number of hydrogen-bond donors (Lipinski definition) is 0. The van der Waals surface area contributed by atoms with E-state index in [9.17, 15) is 13.2 Å². The van der Waals surface area contributed by atoms with Crippen molar-refractivity contribution in [2.24, 2.45) is 0 Å². The third-order valence-corrected chi connectivity index (χ3v) is 2.13. The lowest BCUT2D eigenvalue weighted by molar-refractivity contribution is -0.143. The quantitative estimate of drug-likeness (QED) is 0.795. The predicted molar refractivity (Wildman–Crippen MR) is 44.2 cm³/mol. The number of hydrogen-bond acceptors (Lipinski definition) is 1. The minimum atomic E-state index is -4.23. The minimum Gasteiger partial charge on any atom is -0.259 e. The second-order valence-electron chi connectivity index (χ2n) is 2.50. The smallest absolute Gasteiger partial charge is 0.259 e. The summed E-state index contributed by atoms with van der Waals surface area (Å²) in [5.74, 6) is 0. The van der Waals surface area contributed by atoms with Gasteiger partial charge in [0.2, 0.25) is 0 Å². The average Bonchev–Trinajstić information content (AvgIpc) is 2.28. The molecule has 1 rings (SSSR count). The molecule has 0 aliphatic heterocycles. The Bertz CT molecular complexity index is 292. The molecule has 0 bridgehead atoms. The Hall–Kier alpha value is -0.520. The van der Waals surface area contributed by atoms with Crippen molar-refractivity contribution in [1.82, 2.24) is 9.78 Å². The van der Waals surface area contributed by atoms with Crippen molar-refractivity contribution < 1.29 is 13.2 Å². The molecule has 13 heavy (non-hydrogen) atoms. The van der Waals surface area contributed by atoms with E-state index in [1.54, 1.807) is 6.92 Å². The molecule has 0 saturated heterocycles. The average molecular weight is 256 g/mol. The normalized spacial score (nSPS) is 12.1. The van der Waals surface area contributed by atoms with Crippen LogP contribution >= 0.6 is 15.9 Å². The fourth-order valence-electron chi connectivity index (χ4n) is 0.981. The molecule has 0 fully saturated rings. The lowest BCUT2D eigenvalue weighted by Gasteiger charge is -2.08. The number of alkyl halides is 3. The molecule has 1 aromatic rings. The van der Waals surface area contributed by atoms with Gasteiger partial charge in [0.1, 0.15) is 12.7 Å². The van der Waals surface area contributed by atoms with E-state index in [0.29, 0.717) is 16.6 Å². The molecule has 0 aliphatic rings. The fourth-order valence-corrected chi connectivity index (χ4v) is 1.55. The van der Waals surface area contributed by atoms with Crippen LogP contribution in [0.2, 0.25) is 0 Å². The summed E-state index contributed by atoms with van der Waals surface area (Å²) in [6.45, 7) is 0.709. The summed E-state index contributed by atoms with van der Waals surface area (Å²) < 4.78 is 37.3. The van der Waals surface area contributed by atoms with Gasteiger partial charge in [-0.05, 0) is 22.4 Å². The molecule has 2 nitrogen and oxygen atoms in total. The van der Waals surface area contributed by atoms with Crippen molar-refractivity contribution in [2.75, 3.05) is 0 Å². The zero-order chi connectivity index (χ0) is 10.1. The van der Waals surface area contributed by atoms with Crippen molar-refractivity contribution in [2.45, 2.75) is 26.1 Å². The second kappa shape index (κ2) is 3.69. The maximum absolute atomic E-state index is 12.0. The minimum absolute atomic E-state index is 0.493. The van der Waals surface area contributed by atoms with Crippen LogP contribution in [0, 0.1) is 6.20 Å². The summed E-state index contributed by atoms with van der Waals surface area (Å²) in [5.41, 5.74) is 0.511. The standard InChI is InChI=1S/C7H7BrF3N2/c1-2-6-5(8)3-12-13(6)4-7(9,10)11/h2,4H2,1H3. The molecule has 0 saturated carbocycles. The van der Waals surface area contributed by atoms with Crippen LogP contribution in [-0.2, 0) is 13.0 Å². The first-order valence-corrected chi connectivity index (χ1v) is 4.43. The molecule has 0 spiro atoms. The van der Waals surface area contributed by atoms with Crippen LogP contribution in [0.3, 0.4) is 0 Å². The summed E-state index contributed by atoms with van der Waals surface area (Å²) >= 11 is 3.08. The summed E-state index contributed by atoms with van der Waals surface area (Å²) in [7, 11) is 0. The summed E-state index contributed by atoms with van der Waals surface area (Å²) in [6, 6.07) is 0. The first-order valence-electron chi connectivity index (χ1n) is 3.63. The zero-order valence-corrected chi connectivity index (χ0v) is 8.41. The van der Waals surface area contributed by atoms with E-state index in [1.807, 2.05) is 0 Å². The summed E-state index contributed by atoms with van der Waals surface area (Å²) in [4.78, 5) is 0. The lowest BCUT2D eigenvalue weighted by Crippen LogP contribution is -2.20. The highest BCUT2D eigenvalue weighted by molar-refractivity contribution is 9.10. The predicted octanol–water partition coefficient (Wildman–Crippen LogP) is 2.57. The maximum Gasteiger partial charge on any atom is 0.408 e. The van der Waals surface area contributed by atoms with E-state index in [2.05, 4.69) is 27.2 Å². The van der Waals surface area contributed by atoms with Crippen LogP contribution in [0.1, 0.15) is 12.6 Å². The van der Waals surface area contributed by atoms with Crippen LogP contribution in [0.15, 0.2) is 4.47 Å². The van der Waals surface area contributed by atoms with Crippen LogP contribution in [-0.4, -0.2) is 16.0 Å². The van der Waals surface area contributed by atoms with E-state index < -0.39 is 12.7 Å². The van der Waals surface area contributed by atoms with Crippen molar-refractivity contribution >= 4 is 15.9 Å². The number of nitrogens with zero attached hydrogens (tertiary/aromatic N) is 2. The van der Waals surface area contributed by atoms with Gasteiger partial charge >= 0.3 is 6.18 Å². The molecule has 0 amide bonds. The van der Waals surface area contributed by atoms with E-state index >= 15 is 0 Å². The van der Waals surface area contributed by atoms with Crippen LogP contribution in [0.25, 0.3) is 0 Å². The molecule has 0 aliphatic carbocycles. The first kappa shape index (κ1) is 10.6. The van der Waals surface area contributed by atoms with Gasteiger partial charge < -0.3 is 0 Å². The Kier molecular flexibility index (Phi) is 3.00. The molecule has 1 heterocycles. The fraction of sp³-hybridized carbons (Fsp3) is 0.571. The van der Waals surface area contributed by atoms with E-state index in [1.165, 1.54) is 0 Å². The van der Waals surface area contributed by atoms with Crippen LogP contribution < -0.4 is 0 Å². The highest BCUT2D eigenvalue weighted by Crippen LogP contribution is 2.21. The van der Waals surface area contributed by atoms with Crippen LogP contribution in [0.5, 0.6) is 0 Å². The molecular weight excluding hydrogens is 249 g/mol. The van der Waals surface area contributed by atoms with Gasteiger partial charge in [0.05, 0.1) is 10.2 Å². The van der Waals surface area contributed by atoms with Gasteiger partial charge in [0, 0.05) is 0 Å². The summed E-state index contributed by atoms with van der Waals surface area (Å²) in [5, 5.41) is 3.50. The molecule has 1 radical (unpaired) electrons. The molecule has 0 atom stereocenters.